The minimum atomic E-state index is 0.0458. The van der Waals surface area contributed by atoms with Gasteiger partial charge in [0.1, 0.15) is 0 Å². The molecule has 0 aliphatic heterocycles. The minimum Gasteiger partial charge on any atom is -0.325 e. The van der Waals surface area contributed by atoms with Gasteiger partial charge in [-0.05, 0) is 36.6 Å². The Bertz CT molecular complexity index is 622. The summed E-state index contributed by atoms with van der Waals surface area (Å²) in [7, 11) is 0. The first-order valence-electron chi connectivity index (χ1n) is 6.75. The average molecular weight is 364 g/mol. The normalized spacial score (nSPS) is 10.4. The zero-order chi connectivity index (χ0) is 15.2. The van der Waals surface area contributed by atoms with Crippen LogP contribution in [0.4, 0.5) is 5.69 Å². The number of carbonyl (C=O) groups is 1. The molecule has 0 aliphatic carbocycles. The number of anilines is 1. The van der Waals surface area contributed by atoms with E-state index in [4.69, 9.17) is 0 Å². The number of carbonyl (C=O) groups excluding carboxylic acids is 1. The highest BCUT2D eigenvalue weighted by molar-refractivity contribution is 9.10. The summed E-state index contributed by atoms with van der Waals surface area (Å²) in [4.78, 5) is 12.0. The molecule has 0 aliphatic rings. The van der Waals surface area contributed by atoms with Crippen molar-refractivity contribution in [2.45, 2.75) is 19.6 Å². The second-order valence-corrected chi connectivity index (χ2v) is 6.74. The predicted molar refractivity (Wildman–Crippen MR) is 94.8 cm³/mol. The summed E-state index contributed by atoms with van der Waals surface area (Å²) in [6.07, 6.45) is 0. The van der Waals surface area contributed by atoms with E-state index in [1.165, 1.54) is 5.56 Å². The van der Waals surface area contributed by atoms with Crippen molar-refractivity contribution in [3.8, 4) is 0 Å². The smallest absolute Gasteiger partial charge is 0.234 e. The van der Waals surface area contributed by atoms with E-state index in [2.05, 4.69) is 27.3 Å². The van der Waals surface area contributed by atoms with Crippen LogP contribution < -0.4 is 5.32 Å². The van der Waals surface area contributed by atoms with Gasteiger partial charge in [-0.15, -0.1) is 11.8 Å². The highest BCUT2D eigenvalue weighted by Crippen LogP contribution is 2.22. The molecule has 0 fully saturated rings. The van der Waals surface area contributed by atoms with Crippen molar-refractivity contribution in [1.29, 1.82) is 0 Å². The van der Waals surface area contributed by atoms with E-state index in [-0.39, 0.29) is 5.91 Å². The molecule has 0 bridgehead atoms. The van der Waals surface area contributed by atoms with Crippen molar-refractivity contribution in [2.75, 3.05) is 11.1 Å². The summed E-state index contributed by atoms with van der Waals surface area (Å²) >= 11 is 5.14. The largest absolute Gasteiger partial charge is 0.325 e. The van der Waals surface area contributed by atoms with Gasteiger partial charge in [0, 0.05) is 15.9 Å². The topological polar surface area (TPSA) is 29.1 Å². The molecule has 2 rings (SSSR count). The molecule has 2 nitrogen and oxygen atoms in total. The number of halogens is 1. The summed E-state index contributed by atoms with van der Waals surface area (Å²) in [6.45, 7) is 4.02. The third-order valence-electron chi connectivity index (χ3n) is 3.19. The first kappa shape index (κ1) is 16.1. The van der Waals surface area contributed by atoms with Crippen molar-refractivity contribution in [3.05, 3.63) is 63.6 Å². The average Bonchev–Trinajstić information content (AvgIpc) is 2.45. The fourth-order valence-corrected chi connectivity index (χ4v) is 3.50. The van der Waals surface area contributed by atoms with E-state index >= 15 is 0 Å². The molecule has 110 valence electrons. The Morgan fingerprint density at radius 2 is 1.76 bits per heavy atom. The lowest BCUT2D eigenvalue weighted by Gasteiger charge is -2.11. The van der Waals surface area contributed by atoms with Crippen LogP contribution in [0.25, 0.3) is 0 Å². The van der Waals surface area contributed by atoms with Gasteiger partial charge < -0.3 is 5.32 Å². The van der Waals surface area contributed by atoms with Gasteiger partial charge in [0.2, 0.25) is 5.91 Å². The summed E-state index contributed by atoms with van der Waals surface area (Å²) < 4.78 is 1.09. The van der Waals surface area contributed by atoms with Crippen LogP contribution >= 0.6 is 27.7 Å². The molecule has 2 aromatic carbocycles. The Morgan fingerprint density at radius 3 is 2.43 bits per heavy atom. The third-order valence-corrected chi connectivity index (χ3v) is 4.95. The Morgan fingerprint density at radius 1 is 1.10 bits per heavy atom. The van der Waals surface area contributed by atoms with E-state index in [0.717, 1.165) is 27.0 Å². The van der Waals surface area contributed by atoms with E-state index in [1.807, 2.05) is 50.2 Å². The molecule has 21 heavy (non-hydrogen) atoms. The number of amides is 1. The molecule has 2 aromatic rings. The van der Waals surface area contributed by atoms with E-state index in [1.54, 1.807) is 11.8 Å². The van der Waals surface area contributed by atoms with Crippen LogP contribution in [0.15, 0.2) is 46.9 Å². The number of benzene rings is 2. The predicted octanol–water partition coefficient (Wildman–Crippen LogP) is 4.94. The molecule has 1 amide bonds. The molecular formula is C17H18BrNOS. The Kier molecular flexibility index (Phi) is 5.88. The highest BCUT2D eigenvalue weighted by atomic mass is 79.9. The number of hydrogen-bond donors (Lipinski definition) is 1. The first-order valence-corrected chi connectivity index (χ1v) is 8.70. The number of rotatable bonds is 5. The molecule has 0 radical (unpaired) electrons. The summed E-state index contributed by atoms with van der Waals surface area (Å²) in [5.41, 5.74) is 4.34. The van der Waals surface area contributed by atoms with Crippen LogP contribution in [0.5, 0.6) is 0 Å². The zero-order valence-electron chi connectivity index (χ0n) is 12.2. The van der Waals surface area contributed by atoms with Crippen LogP contribution in [-0.2, 0) is 10.5 Å². The summed E-state index contributed by atoms with van der Waals surface area (Å²) in [5, 5.41) is 3.01. The fourth-order valence-electron chi connectivity index (χ4n) is 2.06. The molecule has 0 unspecified atom stereocenters. The lowest BCUT2D eigenvalue weighted by Crippen LogP contribution is -2.15. The quantitative estimate of drug-likeness (QED) is 0.814. The van der Waals surface area contributed by atoms with Gasteiger partial charge in [0.05, 0.1) is 5.75 Å². The standard InChI is InChI=1S/C17H18BrNOS/c1-12-6-5-7-13(2)17(12)19-16(20)11-21-10-14-8-3-4-9-15(14)18/h3-9H,10-11H2,1-2H3,(H,19,20). The van der Waals surface area contributed by atoms with Gasteiger partial charge >= 0.3 is 0 Å². The molecule has 0 saturated heterocycles. The van der Waals surface area contributed by atoms with Gasteiger partial charge in [-0.3, -0.25) is 4.79 Å². The zero-order valence-corrected chi connectivity index (χ0v) is 14.6. The van der Waals surface area contributed by atoms with Gasteiger partial charge in [0.15, 0.2) is 0 Å². The molecular weight excluding hydrogens is 346 g/mol. The number of thioether (sulfide) groups is 1. The Hall–Kier alpha value is -1.26. The second kappa shape index (κ2) is 7.66. The molecule has 4 heteroatoms. The maximum atomic E-state index is 12.0. The minimum absolute atomic E-state index is 0.0458. The van der Waals surface area contributed by atoms with Crippen LogP contribution in [-0.4, -0.2) is 11.7 Å². The van der Waals surface area contributed by atoms with Crippen molar-refractivity contribution in [2.24, 2.45) is 0 Å². The highest BCUT2D eigenvalue weighted by Gasteiger charge is 2.08. The Labute approximate surface area is 138 Å². The number of hydrogen-bond acceptors (Lipinski definition) is 2. The van der Waals surface area contributed by atoms with Gasteiger partial charge in [0.25, 0.3) is 0 Å². The van der Waals surface area contributed by atoms with Crippen LogP contribution in [0.1, 0.15) is 16.7 Å². The molecule has 0 spiro atoms. The molecule has 0 atom stereocenters. The maximum absolute atomic E-state index is 12.0. The lowest BCUT2D eigenvalue weighted by molar-refractivity contribution is -0.113. The lowest BCUT2D eigenvalue weighted by atomic mass is 10.1. The number of para-hydroxylation sites is 1. The molecule has 1 N–H and O–H groups in total. The van der Waals surface area contributed by atoms with Crippen LogP contribution in [0.2, 0.25) is 0 Å². The molecule has 0 heterocycles. The van der Waals surface area contributed by atoms with E-state index in [9.17, 15) is 4.79 Å². The maximum Gasteiger partial charge on any atom is 0.234 e. The summed E-state index contributed by atoms with van der Waals surface area (Å²) in [5.74, 6) is 1.32. The van der Waals surface area contributed by atoms with Crippen LogP contribution in [0, 0.1) is 13.8 Å². The monoisotopic (exact) mass is 363 g/mol. The van der Waals surface area contributed by atoms with Crippen molar-refractivity contribution >= 4 is 39.3 Å². The van der Waals surface area contributed by atoms with Crippen molar-refractivity contribution < 1.29 is 4.79 Å². The second-order valence-electron chi connectivity index (χ2n) is 4.90. The molecule has 0 aromatic heterocycles. The Balaban J connectivity index is 1.87. The van der Waals surface area contributed by atoms with E-state index < -0.39 is 0 Å². The molecule has 0 saturated carbocycles. The van der Waals surface area contributed by atoms with E-state index in [0.29, 0.717) is 5.75 Å². The fraction of sp³-hybridized carbons (Fsp3) is 0.235. The van der Waals surface area contributed by atoms with Gasteiger partial charge in [-0.2, -0.15) is 0 Å². The third kappa shape index (κ3) is 4.61. The van der Waals surface area contributed by atoms with Crippen LogP contribution in [0.3, 0.4) is 0 Å². The summed E-state index contributed by atoms with van der Waals surface area (Å²) in [6, 6.07) is 14.1. The number of aryl methyl sites for hydroxylation is 2. The first-order chi connectivity index (χ1) is 10.1. The van der Waals surface area contributed by atoms with Gasteiger partial charge in [-0.25, -0.2) is 0 Å². The SMILES string of the molecule is Cc1cccc(C)c1NC(=O)CSCc1ccccc1Br. The van der Waals surface area contributed by atoms with Gasteiger partial charge in [-0.1, -0.05) is 52.3 Å². The van der Waals surface area contributed by atoms with Crippen molar-refractivity contribution in [1.82, 2.24) is 0 Å². The van der Waals surface area contributed by atoms with Crippen molar-refractivity contribution in [3.63, 3.8) is 0 Å². The number of nitrogens with one attached hydrogen (secondary N) is 1.